The van der Waals surface area contributed by atoms with Crippen molar-refractivity contribution in [2.75, 3.05) is 38.7 Å². The average molecular weight is 435 g/mol. The fourth-order valence-corrected chi connectivity index (χ4v) is 3.98. The van der Waals surface area contributed by atoms with Gasteiger partial charge in [-0.2, -0.15) is 0 Å². The fourth-order valence-electron chi connectivity index (χ4n) is 3.98. The lowest BCUT2D eigenvalue weighted by Gasteiger charge is -2.33. The SMILES string of the molecule is CN(C)c1ncc(-c2ccccc2F)c(C2CCCN(C(=O)COc3ccccc3)C2)n1. The molecule has 32 heavy (non-hydrogen) atoms. The van der Waals surface area contributed by atoms with Crippen LogP contribution in [0.15, 0.2) is 60.8 Å². The highest BCUT2D eigenvalue weighted by atomic mass is 19.1. The zero-order valence-corrected chi connectivity index (χ0v) is 18.4. The number of benzene rings is 2. The summed E-state index contributed by atoms with van der Waals surface area (Å²) in [5.41, 5.74) is 1.92. The molecule has 1 atom stereocenters. The lowest BCUT2D eigenvalue weighted by molar-refractivity contribution is -0.134. The van der Waals surface area contributed by atoms with Gasteiger partial charge in [0.2, 0.25) is 5.95 Å². The molecule has 0 radical (unpaired) electrons. The van der Waals surface area contributed by atoms with Crippen LogP contribution >= 0.6 is 0 Å². The van der Waals surface area contributed by atoms with E-state index in [1.54, 1.807) is 24.4 Å². The Hall–Kier alpha value is -3.48. The molecular weight excluding hydrogens is 407 g/mol. The van der Waals surface area contributed by atoms with Gasteiger partial charge in [-0.1, -0.05) is 36.4 Å². The molecule has 1 aliphatic rings. The molecule has 1 fully saturated rings. The Morgan fingerprint density at radius 3 is 2.62 bits per heavy atom. The zero-order valence-electron chi connectivity index (χ0n) is 18.4. The highest BCUT2D eigenvalue weighted by molar-refractivity contribution is 5.78. The first-order valence-corrected chi connectivity index (χ1v) is 10.8. The summed E-state index contributed by atoms with van der Waals surface area (Å²) in [4.78, 5) is 25.7. The number of hydrogen-bond donors (Lipinski definition) is 0. The summed E-state index contributed by atoms with van der Waals surface area (Å²) in [6.45, 7) is 1.18. The smallest absolute Gasteiger partial charge is 0.260 e. The molecule has 7 heteroatoms. The highest BCUT2D eigenvalue weighted by Crippen LogP contribution is 2.35. The zero-order chi connectivity index (χ0) is 22.5. The van der Waals surface area contributed by atoms with Crippen molar-refractivity contribution < 1.29 is 13.9 Å². The monoisotopic (exact) mass is 434 g/mol. The van der Waals surface area contributed by atoms with E-state index < -0.39 is 0 Å². The molecule has 3 aromatic rings. The summed E-state index contributed by atoms with van der Waals surface area (Å²) in [7, 11) is 3.75. The standard InChI is InChI=1S/C25H27FN4O2/c1-29(2)25-27-15-21(20-12-6-7-13-22(20)26)24(28-25)18-9-8-14-30(16-18)23(31)17-32-19-10-4-3-5-11-19/h3-7,10-13,15,18H,8-9,14,16-17H2,1-2H3. The van der Waals surface area contributed by atoms with Crippen molar-refractivity contribution in [3.63, 3.8) is 0 Å². The summed E-state index contributed by atoms with van der Waals surface area (Å²) in [6.07, 6.45) is 3.41. The van der Waals surface area contributed by atoms with Gasteiger partial charge in [0, 0.05) is 50.4 Å². The van der Waals surface area contributed by atoms with Gasteiger partial charge in [-0.05, 0) is 31.0 Å². The van der Waals surface area contributed by atoms with Crippen LogP contribution in [-0.4, -0.2) is 54.6 Å². The predicted octanol–water partition coefficient (Wildman–Crippen LogP) is 4.13. The van der Waals surface area contributed by atoms with Crippen LogP contribution in [0.1, 0.15) is 24.5 Å². The van der Waals surface area contributed by atoms with Gasteiger partial charge in [-0.25, -0.2) is 14.4 Å². The summed E-state index contributed by atoms with van der Waals surface area (Å²) < 4.78 is 20.2. The molecule has 0 aliphatic carbocycles. The maximum Gasteiger partial charge on any atom is 0.260 e. The Morgan fingerprint density at radius 1 is 1.12 bits per heavy atom. The maximum absolute atomic E-state index is 14.6. The van der Waals surface area contributed by atoms with Gasteiger partial charge in [-0.15, -0.1) is 0 Å². The quantitative estimate of drug-likeness (QED) is 0.584. The van der Waals surface area contributed by atoms with Crippen LogP contribution < -0.4 is 9.64 Å². The van der Waals surface area contributed by atoms with Crippen LogP contribution in [0.25, 0.3) is 11.1 Å². The van der Waals surface area contributed by atoms with E-state index in [1.165, 1.54) is 6.07 Å². The Kier molecular flexibility index (Phi) is 6.63. The van der Waals surface area contributed by atoms with Crippen LogP contribution in [0.2, 0.25) is 0 Å². The number of rotatable bonds is 6. The lowest BCUT2D eigenvalue weighted by Crippen LogP contribution is -2.42. The fraction of sp³-hybridized carbons (Fsp3) is 0.320. The molecule has 1 amide bonds. The van der Waals surface area contributed by atoms with E-state index in [-0.39, 0.29) is 24.2 Å². The van der Waals surface area contributed by atoms with Gasteiger partial charge < -0.3 is 14.5 Å². The van der Waals surface area contributed by atoms with E-state index in [4.69, 9.17) is 9.72 Å². The minimum absolute atomic E-state index is 0.0103. The Morgan fingerprint density at radius 2 is 1.88 bits per heavy atom. The van der Waals surface area contributed by atoms with Crippen LogP contribution in [0, 0.1) is 5.82 Å². The molecule has 1 saturated heterocycles. The summed E-state index contributed by atoms with van der Waals surface area (Å²) in [6, 6.07) is 16.0. The molecule has 0 spiro atoms. The topological polar surface area (TPSA) is 58.6 Å². The third-order valence-electron chi connectivity index (χ3n) is 5.64. The number of amides is 1. The Labute approximate surface area is 187 Å². The molecular formula is C25H27FN4O2. The largest absolute Gasteiger partial charge is 0.484 e. The predicted molar refractivity (Wildman–Crippen MR) is 122 cm³/mol. The number of para-hydroxylation sites is 1. The minimum Gasteiger partial charge on any atom is -0.484 e. The van der Waals surface area contributed by atoms with Crippen molar-refractivity contribution in [1.29, 1.82) is 0 Å². The van der Waals surface area contributed by atoms with Crippen molar-refractivity contribution in [3.05, 3.63) is 72.3 Å². The first kappa shape index (κ1) is 21.7. The molecule has 4 rings (SSSR count). The van der Waals surface area contributed by atoms with Gasteiger partial charge in [0.25, 0.3) is 5.91 Å². The van der Waals surface area contributed by atoms with E-state index in [0.717, 1.165) is 18.5 Å². The van der Waals surface area contributed by atoms with Gasteiger partial charge >= 0.3 is 0 Å². The minimum atomic E-state index is -0.310. The normalized spacial score (nSPS) is 16.0. The highest BCUT2D eigenvalue weighted by Gasteiger charge is 2.29. The third-order valence-corrected chi connectivity index (χ3v) is 5.64. The molecule has 6 nitrogen and oxygen atoms in total. The van der Waals surface area contributed by atoms with Crippen LogP contribution in [0.4, 0.5) is 10.3 Å². The second kappa shape index (κ2) is 9.77. The summed E-state index contributed by atoms with van der Waals surface area (Å²) in [5, 5.41) is 0. The van der Waals surface area contributed by atoms with Gasteiger partial charge in [0.15, 0.2) is 6.61 Å². The van der Waals surface area contributed by atoms with E-state index in [1.807, 2.05) is 54.2 Å². The maximum atomic E-state index is 14.6. The molecule has 1 unspecified atom stereocenters. The first-order chi connectivity index (χ1) is 15.5. The molecule has 0 bridgehead atoms. The molecule has 2 heterocycles. The number of carbonyl (C=O) groups excluding carboxylic acids is 1. The number of halogens is 1. The van der Waals surface area contributed by atoms with E-state index in [0.29, 0.717) is 35.9 Å². The van der Waals surface area contributed by atoms with Crippen LogP contribution in [-0.2, 0) is 4.79 Å². The van der Waals surface area contributed by atoms with E-state index in [2.05, 4.69) is 4.98 Å². The second-order valence-corrected chi connectivity index (χ2v) is 8.12. The van der Waals surface area contributed by atoms with Crippen LogP contribution in [0.3, 0.4) is 0 Å². The molecule has 1 aromatic heterocycles. The number of anilines is 1. The van der Waals surface area contributed by atoms with Crippen molar-refractivity contribution in [3.8, 4) is 16.9 Å². The number of nitrogens with zero attached hydrogens (tertiary/aromatic N) is 4. The van der Waals surface area contributed by atoms with Gasteiger partial charge in [-0.3, -0.25) is 4.79 Å². The number of aromatic nitrogens is 2. The number of likely N-dealkylation sites (tertiary alicyclic amines) is 1. The van der Waals surface area contributed by atoms with Gasteiger partial charge in [0.1, 0.15) is 11.6 Å². The summed E-state index contributed by atoms with van der Waals surface area (Å²) in [5.74, 6) is 0.849. The molecule has 166 valence electrons. The number of hydrogen-bond acceptors (Lipinski definition) is 5. The first-order valence-electron chi connectivity index (χ1n) is 10.8. The number of ether oxygens (including phenoxy) is 1. The van der Waals surface area contributed by atoms with Crippen molar-refractivity contribution in [2.45, 2.75) is 18.8 Å². The third kappa shape index (κ3) is 4.88. The van der Waals surface area contributed by atoms with Crippen molar-refractivity contribution >= 4 is 11.9 Å². The van der Waals surface area contributed by atoms with Gasteiger partial charge in [0.05, 0.1) is 5.69 Å². The molecule has 0 saturated carbocycles. The van der Waals surface area contributed by atoms with Crippen molar-refractivity contribution in [2.24, 2.45) is 0 Å². The number of carbonyl (C=O) groups is 1. The number of piperidine rings is 1. The molecule has 1 aliphatic heterocycles. The Bertz CT molecular complexity index is 1070. The van der Waals surface area contributed by atoms with E-state index in [9.17, 15) is 9.18 Å². The molecule has 2 aromatic carbocycles. The van der Waals surface area contributed by atoms with Crippen molar-refractivity contribution in [1.82, 2.24) is 14.9 Å². The second-order valence-electron chi connectivity index (χ2n) is 8.12. The lowest BCUT2D eigenvalue weighted by atomic mass is 9.89. The van der Waals surface area contributed by atoms with E-state index >= 15 is 0 Å². The van der Waals surface area contributed by atoms with Crippen LogP contribution in [0.5, 0.6) is 5.75 Å². The average Bonchev–Trinajstić information content (AvgIpc) is 2.83. The summed E-state index contributed by atoms with van der Waals surface area (Å²) >= 11 is 0. The molecule has 0 N–H and O–H groups in total. The Balaban J connectivity index is 1.57.